The number of ether oxygens (including phenoxy) is 1. The molecule has 2 atom stereocenters. The van der Waals surface area contributed by atoms with Gasteiger partial charge in [0.2, 0.25) is 5.89 Å². The largest absolute Gasteiger partial charge is 0.444 e. The Bertz CT molecular complexity index is 328. The van der Waals surface area contributed by atoms with Gasteiger partial charge in [0.15, 0.2) is 0 Å². The van der Waals surface area contributed by atoms with Crippen LogP contribution in [0.2, 0.25) is 0 Å². The Hall–Kier alpha value is -0.910. The van der Waals surface area contributed by atoms with Gasteiger partial charge < -0.3 is 19.6 Å². The van der Waals surface area contributed by atoms with Crippen molar-refractivity contribution in [2.45, 2.75) is 45.8 Å². The first-order chi connectivity index (χ1) is 8.63. The van der Waals surface area contributed by atoms with Crippen molar-refractivity contribution in [1.82, 2.24) is 10.3 Å². The lowest BCUT2D eigenvalue weighted by atomic mass is 10.3. The predicted octanol–water partition coefficient (Wildman–Crippen LogP) is 1.81. The zero-order valence-electron chi connectivity index (χ0n) is 11.5. The Kier molecular flexibility index (Phi) is 6.93. The molecule has 0 saturated carbocycles. The lowest BCUT2D eigenvalue weighted by Crippen LogP contribution is -2.32. The van der Waals surface area contributed by atoms with Gasteiger partial charge in [-0.1, -0.05) is 13.3 Å². The Morgan fingerprint density at radius 1 is 1.56 bits per heavy atom. The fraction of sp³-hybridized carbons (Fsp3) is 0.769. The molecule has 0 fully saturated rings. The van der Waals surface area contributed by atoms with Gasteiger partial charge in [-0.25, -0.2) is 4.98 Å². The molecule has 0 aliphatic carbocycles. The normalized spacial score (nSPS) is 14.7. The summed E-state index contributed by atoms with van der Waals surface area (Å²) in [6.45, 7) is 7.47. The van der Waals surface area contributed by atoms with Crippen molar-refractivity contribution in [2.75, 3.05) is 19.8 Å². The number of hydrogen-bond donors (Lipinski definition) is 2. The fourth-order valence-electron chi connectivity index (χ4n) is 1.50. The number of oxazole rings is 1. The standard InChI is InChI=1S/C13H24N2O3/c1-4-5-6-17-9-12(16)8-14-11(3)13-15-7-10(2)18-13/h7,11-12,14,16H,4-6,8-9H2,1-3H3. The molecule has 5 nitrogen and oxygen atoms in total. The highest BCUT2D eigenvalue weighted by molar-refractivity contribution is 4.94. The molecule has 2 N–H and O–H groups in total. The molecule has 0 spiro atoms. The van der Waals surface area contributed by atoms with Crippen LogP contribution in [0.15, 0.2) is 10.6 Å². The van der Waals surface area contributed by atoms with Gasteiger partial charge in [0.05, 0.1) is 24.9 Å². The van der Waals surface area contributed by atoms with E-state index in [1.807, 2.05) is 13.8 Å². The molecule has 0 aromatic carbocycles. The third-order valence-corrected chi connectivity index (χ3v) is 2.62. The number of nitrogens with one attached hydrogen (secondary N) is 1. The molecule has 5 heteroatoms. The van der Waals surface area contributed by atoms with Gasteiger partial charge in [0, 0.05) is 13.2 Å². The Morgan fingerprint density at radius 2 is 2.33 bits per heavy atom. The molecule has 104 valence electrons. The summed E-state index contributed by atoms with van der Waals surface area (Å²) in [5.74, 6) is 1.44. The number of rotatable bonds is 9. The second-order valence-corrected chi connectivity index (χ2v) is 4.52. The molecule has 1 rings (SSSR count). The molecule has 18 heavy (non-hydrogen) atoms. The molecular weight excluding hydrogens is 232 g/mol. The number of aliphatic hydroxyl groups excluding tert-OH is 1. The third kappa shape index (κ3) is 5.62. The van der Waals surface area contributed by atoms with Crippen molar-refractivity contribution >= 4 is 0 Å². The second kappa shape index (κ2) is 8.24. The van der Waals surface area contributed by atoms with E-state index < -0.39 is 6.10 Å². The molecule has 2 unspecified atom stereocenters. The van der Waals surface area contributed by atoms with Crippen molar-refractivity contribution in [3.05, 3.63) is 17.8 Å². The van der Waals surface area contributed by atoms with E-state index in [-0.39, 0.29) is 6.04 Å². The zero-order valence-corrected chi connectivity index (χ0v) is 11.5. The van der Waals surface area contributed by atoms with Crippen LogP contribution in [0.3, 0.4) is 0 Å². The van der Waals surface area contributed by atoms with Crippen LogP contribution in [0.4, 0.5) is 0 Å². The molecule has 0 bridgehead atoms. The SMILES string of the molecule is CCCCOCC(O)CNC(C)c1ncc(C)o1. The molecule has 1 aromatic rings. The highest BCUT2D eigenvalue weighted by Gasteiger charge is 2.12. The summed E-state index contributed by atoms with van der Waals surface area (Å²) < 4.78 is 10.8. The zero-order chi connectivity index (χ0) is 13.4. The van der Waals surface area contributed by atoms with Crippen LogP contribution in [0.5, 0.6) is 0 Å². The Morgan fingerprint density at radius 3 is 2.94 bits per heavy atom. The summed E-state index contributed by atoms with van der Waals surface area (Å²) in [4.78, 5) is 4.14. The van der Waals surface area contributed by atoms with Crippen molar-refractivity contribution < 1.29 is 14.3 Å². The molecule has 1 heterocycles. The number of hydrogen-bond acceptors (Lipinski definition) is 5. The predicted molar refractivity (Wildman–Crippen MR) is 69.4 cm³/mol. The van der Waals surface area contributed by atoms with Gasteiger partial charge in [-0.05, 0) is 20.3 Å². The van der Waals surface area contributed by atoms with E-state index in [1.165, 1.54) is 0 Å². The van der Waals surface area contributed by atoms with Crippen molar-refractivity contribution in [3.63, 3.8) is 0 Å². The summed E-state index contributed by atoms with van der Waals surface area (Å²) in [6, 6.07) is -0.0102. The van der Waals surface area contributed by atoms with Crippen LogP contribution >= 0.6 is 0 Å². The number of unbranched alkanes of at least 4 members (excludes halogenated alkanes) is 1. The molecule has 0 aliphatic rings. The molecule has 0 amide bonds. The van der Waals surface area contributed by atoms with Crippen LogP contribution in [-0.2, 0) is 4.74 Å². The summed E-state index contributed by atoms with van der Waals surface area (Å²) in [5.41, 5.74) is 0. The molecular formula is C13H24N2O3. The van der Waals surface area contributed by atoms with E-state index >= 15 is 0 Å². The van der Waals surface area contributed by atoms with E-state index in [0.29, 0.717) is 25.6 Å². The maximum atomic E-state index is 9.71. The quantitative estimate of drug-likeness (QED) is 0.660. The molecule has 1 aromatic heterocycles. The fourth-order valence-corrected chi connectivity index (χ4v) is 1.50. The summed E-state index contributed by atoms with van der Waals surface area (Å²) in [5, 5.41) is 12.9. The lowest BCUT2D eigenvalue weighted by molar-refractivity contribution is 0.0344. The minimum atomic E-state index is -0.500. The van der Waals surface area contributed by atoms with Gasteiger partial charge >= 0.3 is 0 Å². The first-order valence-corrected chi connectivity index (χ1v) is 6.55. The third-order valence-electron chi connectivity index (χ3n) is 2.62. The maximum absolute atomic E-state index is 9.71. The number of aryl methyl sites for hydroxylation is 1. The first kappa shape index (κ1) is 15.1. The van der Waals surface area contributed by atoms with Crippen molar-refractivity contribution in [2.24, 2.45) is 0 Å². The van der Waals surface area contributed by atoms with Gasteiger partial charge in [-0.15, -0.1) is 0 Å². The van der Waals surface area contributed by atoms with Crippen LogP contribution < -0.4 is 5.32 Å². The highest BCUT2D eigenvalue weighted by atomic mass is 16.5. The smallest absolute Gasteiger partial charge is 0.211 e. The molecule has 0 saturated heterocycles. The number of aromatic nitrogens is 1. The van der Waals surface area contributed by atoms with Gasteiger partial charge in [0.1, 0.15) is 5.76 Å². The van der Waals surface area contributed by atoms with E-state index in [2.05, 4.69) is 17.2 Å². The maximum Gasteiger partial charge on any atom is 0.211 e. The van der Waals surface area contributed by atoms with Crippen molar-refractivity contribution in [3.8, 4) is 0 Å². The van der Waals surface area contributed by atoms with E-state index in [4.69, 9.17) is 9.15 Å². The first-order valence-electron chi connectivity index (χ1n) is 6.55. The summed E-state index contributed by atoms with van der Waals surface area (Å²) >= 11 is 0. The van der Waals surface area contributed by atoms with E-state index in [1.54, 1.807) is 6.20 Å². The molecule has 0 aliphatic heterocycles. The van der Waals surface area contributed by atoms with Crippen LogP contribution in [0, 0.1) is 6.92 Å². The number of nitrogens with zero attached hydrogens (tertiary/aromatic N) is 1. The minimum absolute atomic E-state index is 0.0102. The van der Waals surface area contributed by atoms with E-state index in [9.17, 15) is 5.11 Å². The van der Waals surface area contributed by atoms with Crippen molar-refractivity contribution in [1.29, 1.82) is 0 Å². The summed E-state index contributed by atoms with van der Waals surface area (Å²) in [6.07, 6.45) is 3.33. The Labute approximate surface area is 109 Å². The van der Waals surface area contributed by atoms with Crippen LogP contribution in [0.25, 0.3) is 0 Å². The van der Waals surface area contributed by atoms with E-state index in [0.717, 1.165) is 18.6 Å². The lowest BCUT2D eigenvalue weighted by Gasteiger charge is -2.15. The number of aliphatic hydroxyl groups is 1. The van der Waals surface area contributed by atoms with Gasteiger partial charge in [-0.3, -0.25) is 0 Å². The average Bonchev–Trinajstić information content (AvgIpc) is 2.78. The Balaban J connectivity index is 2.15. The second-order valence-electron chi connectivity index (χ2n) is 4.52. The topological polar surface area (TPSA) is 67.5 Å². The van der Waals surface area contributed by atoms with Gasteiger partial charge in [-0.2, -0.15) is 0 Å². The highest BCUT2D eigenvalue weighted by Crippen LogP contribution is 2.11. The summed E-state index contributed by atoms with van der Waals surface area (Å²) in [7, 11) is 0. The molecule has 0 radical (unpaired) electrons. The minimum Gasteiger partial charge on any atom is -0.444 e. The average molecular weight is 256 g/mol. The van der Waals surface area contributed by atoms with Crippen LogP contribution in [0.1, 0.15) is 44.4 Å². The monoisotopic (exact) mass is 256 g/mol. The van der Waals surface area contributed by atoms with Crippen LogP contribution in [-0.4, -0.2) is 36.0 Å². The van der Waals surface area contributed by atoms with Gasteiger partial charge in [0.25, 0.3) is 0 Å².